The number of nitrogens with one attached hydrogen (secondary N) is 1. The largest absolute Gasteiger partial charge is 0.497 e. The maximum Gasteiger partial charge on any atom is 0.150 e. The minimum atomic E-state index is 0.612. The number of anilines is 1. The van der Waals surface area contributed by atoms with Gasteiger partial charge in [0.2, 0.25) is 0 Å². The zero-order valence-corrected chi connectivity index (χ0v) is 9.60. The maximum atomic E-state index is 5.89. The number of hydrogen-bond donors (Lipinski definition) is 2. The number of rotatable bonds is 2. The van der Waals surface area contributed by atoms with Crippen molar-refractivity contribution in [2.45, 2.75) is 13.1 Å². The van der Waals surface area contributed by atoms with Crippen LogP contribution in [0.2, 0.25) is 0 Å². The summed E-state index contributed by atoms with van der Waals surface area (Å²) in [6.45, 7) is 1.61. The van der Waals surface area contributed by atoms with Gasteiger partial charge in [-0.2, -0.15) is 5.10 Å². The number of nitrogen functional groups attached to an aromatic ring is 1. The molecule has 0 aliphatic carbocycles. The quantitative estimate of drug-likeness (QED) is 0.809. The molecular formula is C12H14N4O. The van der Waals surface area contributed by atoms with Crippen molar-refractivity contribution in [3.8, 4) is 11.4 Å². The minimum absolute atomic E-state index is 0.612. The van der Waals surface area contributed by atoms with E-state index in [-0.39, 0.29) is 0 Å². The van der Waals surface area contributed by atoms with Crippen molar-refractivity contribution in [1.29, 1.82) is 0 Å². The number of fused-ring (bicyclic) bond motifs is 1. The average molecular weight is 230 g/mol. The van der Waals surface area contributed by atoms with Gasteiger partial charge in [0, 0.05) is 18.7 Å². The molecule has 3 N–H and O–H groups in total. The van der Waals surface area contributed by atoms with Gasteiger partial charge in [-0.15, -0.1) is 0 Å². The average Bonchev–Trinajstić information content (AvgIpc) is 2.94. The molecule has 3 rings (SSSR count). The zero-order valence-electron chi connectivity index (χ0n) is 9.60. The highest BCUT2D eigenvalue weighted by atomic mass is 16.5. The van der Waals surface area contributed by atoms with Crippen LogP contribution in [-0.2, 0) is 13.1 Å². The minimum Gasteiger partial charge on any atom is -0.497 e. The molecule has 5 heteroatoms. The second kappa shape index (κ2) is 3.78. The van der Waals surface area contributed by atoms with Crippen LogP contribution in [0.4, 0.5) is 5.82 Å². The molecule has 0 unspecified atom stereocenters. The lowest BCUT2D eigenvalue weighted by atomic mass is 10.2. The molecular weight excluding hydrogens is 216 g/mol. The van der Waals surface area contributed by atoms with E-state index in [2.05, 4.69) is 10.4 Å². The standard InChI is InChI=1S/C12H14N4O/c1-17-9-4-2-8(3-5-9)16-11-7-14-6-10(11)12(13)15-16/h2-5,14H,6-7H2,1H3,(H2,13,15). The van der Waals surface area contributed by atoms with E-state index in [9.17, 15) is 0 Å². The van der Waals surface area contributed by atoms with E-state index < -0.39 is 0 Å². The fraction of sp³-hybridized carbons (Fsp3) is 0.250. The van der Waals surface area contributed by atoms with Crippen LogP contribution in [0.5, 0.6) is 5.75 Å². The van der Waals surface area contributed by atoms with Gasteiger partial charge in [0.15, 0.2) is 5.82 Å². The van der Waals surface area contributed by atoms with Crippen LogP contribution in [0.1, 0.15) is 11.3 Å². The number of nitrogens with two attached hydrogens (primary N) is 1. The predicted octanol–water partition coefficient (Wildman–Crippen LogP) is 1.07. The number of ether oxygens (including phenoxy) is 1. The third-order valence-electron chi connectivity index (χ3n) is 3.03. The molecule has 0 atom stereocenters. The molecule has 5 nitrogen and oxygen atoms in total. The summed E-state index contributed by atoms with van der Waals surface area (Å²) in [6.07, 6.45) is 0. The first-order chi connectivity index (χ1) is 8.29. The Labute approximate surface area is 99.2 Å². The lowest BCUT2D eigenvalue weighted by Crippen LogP contribution is -2.08. The summed E-state index contributed by atoms with van der Waals surface area (Å²) < 4.78 is 7.03. The molecule has 0 radical (unpaired) electrons. The highest BCUT2D eigenvalue weighted by Crippen LogP contribution is 2.25. The van der Waals surface area contributed by atoms with Crippen molar-refractivity contribution in [1.82, 2.24) is 15.1 Å². The Morgan fingerprint density at radius 2 is 2.06 bits per heavy atom. The summed E-state index contributed by atoms with van der Waals surface area (Å²) in [7, 11) is 1.66. The third-order valence-corrected chi connectivity index (χ3v) is 3.03. The Bertz CT molecular complexity index is 544. The summed E-state index contributed by atoms with van der Waals surface area (Å²) in [6, 6.07) is 7.79. The fourth-order valence-electron chi connectivity index (χ4n) is 2.12. The summed E-state index contributed by atoms with van der Waals surface area (Å²) in [5.74, 6) is 1.45. The van der Waals surface area contributed by atoms with E-state index in [0.29, 0.717) is 5.82 Å². The van der Waals surface area contributed by atoms with Crippen LogP contribution in [0.3, 0.4) is 0 Å². The van der Waals surface area contributed by atoms with Crippen LogP contribution in [0, 0.1) is 0 Å². The summed E-state index contributed by atoms with van der Waals surface area (Å²) in [4.78, 5) is 0. The molecule has 88 valence electrons. The molecule has 17 heavy (non-hydrogen) atoms. The maximum absolute atomic E-state index is 5.89. The normalized spacial score (nSPS) is 13.7. The number of methoxy groups -OCH3 is 1. The SMILES string of the molecule is COc1ccc(-n2nc(N)c3c2CNC3)cc1. The molecule has 1 aliphatic rings. The summed E-state index contributed by atoms with van der Waals surface area (Å²) in [5.41, 5.74) is 9.15. The van der Waals surface area contributed by atoms with Crippen LogP contribution in [-0.4, -0.2) is 16.9 Å². The number of nitrogens with zero attached hydrogens (tertiary/aromatic N) is 2. The van der Waals surface area contributed by atoms with Crippen LogP contribution in [0.25, 0.3) is 5.69 Å². The Kier molecular flexibility index (Phi) is 2.26. The van der Waals surface area contributed by atoms with Gasteiger partial charge < -0.3 is 15.8 Å². The molecule has 0 fully saturated rings. The fourth-order valence-corrected chi connectivity index (χ4v) is 2.12. The lowest BCUT2D eigenvalue weighted by Gasteiger charge is -2.06. The smallest absolute Gasteiger partial charge is 0.150 e. The topological polar surface area (TPSA) is 65.1 Å². The van der Waals surface area contributed by atoms with Gasteiger partial charge >= 0.3 is 0 Å². The van der Waals surface area contributed by atoms with Crippen LogP contribution < -0.4 is 15.8 Å². The molecule has 0 saturated heterocycles. The van der Waals surface area contributed by atoms with Crippen molar-refractivity contribution in [3.63, 3.8) is 0 Å². The van der Waals surface area contributed by atoms with Gasteiger partial charge in [-0.25, -0.2) is 4.68 Å². The zero-order chi connectivity index (χ0) is 11.8. The molecule has 1 aromatic heterocycles. The van der Waals surface area contributed by atoms with E-state index in [4.69, 9.17) is 10.5 Å². The molecule has 1 aliphatic heterocycles. The number of benzene rings is 1. The Balaban J connectivity index is 2.06. The van der Waals surface area contributed by atoms with Crippen molar-refractivity contribution < 1.29 is 4.74 Å². The molecule has 1 aromatic carbocycles. The van der Waals surface area contributed by atoms with Crippen molar-refractivity contribution >= 4 is 5.82 Å². The van der Waals surface area contributed by atoms with Gasteiger partial charge in [-0.05, 0) is 24.3 Å². The van der Waals surface area contributed by atoms with Gasteiger partial charge in [0.05, 0.1) is 18.5 Å². The van der Waals surface area contributed by atoms with Gasteiger partial charge in [0.25, 0.3) is 0 Å². The second-order valence-electron chi connectivity index (χ2n) is 4.02. The van der Waals surface area contributed by atoms with Crippen LogP contribution in [0.15, 0.2) is 24.3 Å². The Hall–Kier alpha value is -2.01. The Morgan fingerprint density at radius 3 is 2.76 bits per heavy atom. The number of aromatic nitrogens is 2. The molecule has 0 bridgehead atoms. The van der Waals surface area contributed by atoms with Gasteiger partial charge in [0.1, 0.15) is 5.75 Å². The number of hydrogen-bond acceptors (Lipinski definition) is 4. The van der Waals surface area contributed by atoms with E-state index >= 15 is 0 Å². The predicted molar refractivity (Wildman–Crippen MR) is 65.1 cm³/mol. The first-order valence-corrected chi connectivity index (χ1v) is 5.51. The Morgan fingerprint density at radius 1 is 1.29 bits per heavy atom. The highest BCUT2D eigenvalue weighted by Gasteiger charge is 2.21. The third kappa shape index (κ3) is 1.55. The summed E-state index contributed by atoms with van der Waals surface area (Å²) >= 11 is 0. The molecule has 0 saturated carbocycles. The van der Waals surface area contributed by atoms with Crippen molar-refractivity contribution in [2.24, 2.45) is 0 Å². The van der Waals surface area contributed by atoms with Gasteiger partial charge in [-0.1, -0.05) is 0 Å². The van der Waals surface area contributed by atoms with E-state index in [1.807, 2.05) is 28.9 Å². The first kappa shape index (κ1) is 10.2. The monoisotopic (exact) mass is 230 g/mol. The van der Waals surface area contributed by atoms with Crippen molar-refractivity contribution in [3.05, 3.63) is 35.5 Å². The van der Waals surface area contributed by atoms with E-state index in [1.54, 1.807) is 7.11 Å². The van der Waals surface area contributed by atoms with Crippen molar-refractivity contribution in [2.75, 3.05) is 12.8 Å². The second-order valence-corrected chi connectivity index (χ2v) is 4.02. The summed E-state index contributed by atoms with van der Waals surface area (Å²) in [5, 5.41) is 7.65. The molecule has 0 amide bonds. The highest BCUT2D eigenvalue weighted by molar-refractivity contribution is 5.49. The first-order valence-electron chi connectivity index (χ1n) is 5.51. The van der Waals surface area contributed by atoms with Gasteiger partial charge in [-0.3, -0.25) is 0 Å². The molecule has 2 heterocycles. The molecule has 0 spiro atoms. The lowest BCUT2D eigenvalue weighted by molar-refractivity contribution is 0.414. The molecule has 2 aromatic rings. The van der Waals surface area contributed by atoms with E-state index in [1.165, 1.54) is 0 Å². The van der Waals surface area contributed by atoms with E-state index in [0.717, 1.165) is 35.8 Å². The van der Waals surface area contributed by atoms with Crippen LogP contribution >= 0.6 is 0 Å².